The van der Waals surface area contributed by atoms with Gasteiger partial charge in [0.15, 0.2) is 6.61 Å². The summed E-state index contributed by atoms with van der Waals surface area (Å²) in [5.41, 5.74) is 1.15. The Balaban J connectivity index is 1.49. The molecule has 0 spiro atoms. The number of fused-ring (bicyclic) bond motifs is 1. The Labute approximate surface area is 190 Å². The zero-order chi connectivity index (χ0) is 22.3. The van der Waals surface area contributed by atoms with Crippen molar-refractivity contribution in [1.29, 1.82) is 0 Å². The minimum absolute atomic E-state index is 0.0271. The molecule has 5 atom stereocenters. The van der Waals surface area contributed by atoms with E-state index in [1.807, 2.05) is 48.5 Å². The highest BCUT2D eigenvalue weighted by Gasteiger charge is 2.64. The molecule has 2 aromatic rings. The van der Waals surface area contributed by atoms with Gasteiger partial charge < -0.3 is 14.5 Å². The molecule has 168 valence electrons. The molecule has 3 fully saturated rings. The molecule has 1 saturated carbocycles. The summed E-state index contributed by atoms with van der Waals surface area (Å²) in [6.07, 6.45) is 4.80. The van der Waals surface area contributed by atoms with Crippen LogP contribution in [0, 0.1) is 5.41 Å². The Morgan fingerprint density at radius 1 is 0.969 bits per heavy atom. The van der Waals surface area contributed by atoms with Crippen molar-refractivity contribution >= 4 is 11.8 Å². The summed E-state index contributed by atoms with van der Waals surface area (Å²) in [4.78, 5) is 30.8. The van der Waals surface area contributed by atoms with Crippen LogP contribution in [0.15, 0.2) is 60.7 Å². The third kappa shape index (κ3) is 3.48. The first-order chi connectivity index (χ1) is 15.5. The zero-order valence-corrected chi connectivity index (χ0v) is 18.9. The maximum atomic E-state index is 13.7. The fourth-order valence-corrected chi connectivity index (χ4v) is 6.73. The lowest BCUT2D eigenvalue weighted by atomic mass is 9.64. The van der Waals surface area contributed by atoms with E-state index in [-0.39, 0.29) is 48.0 Å². The second-order valence-corrected chi connectivity index (χ2v) is 9.83. The average molecular weight is 433 g/mol. The molecule has 2 saturated heterocycles. The van der Waals surface area contributed by atoms with Gasteiger partial charge in [0, 0.05) is 24.4 Å². The van der Waals surface area contributed by atoms with Crippen LogP contribution in [-0.2, 0) is 16.0 Å². The number of carbonyl (C=O) groups excluding carboxylic acids is 2. The van der Waals surface area contributed by atoms with Crippen LogP contribution in [0.4, 0.5) is 0 Å². The van der Waals surface area contributed by atoms with E-state index in [0.717, 1.165) is 32.1 Å². The first-order valence-corrected chi connectivity index (χ1v) is 11.8. The molecule has 5 nitrogen and oxygen atoms in total. The quantitative estimate of drug-likeness (QED) is 0.716. The highest BCUT2D eigenvalue weighted by Crippen LogP contribution is 2.56. The standard InChI is InChI=1S/C27H32N2O3/c1-19(30)28-23-17-27(2)24(28)14-9-15-25(27)29(22(23)16-20-10-5-3-6-11-20)26(31)18-32-21-12-7-4-8-13-21/h3-8,10-13,22-25H,9,14-18H2,1-2H3/t22-,23-,24-,25+,27-/m0/s1. The molecule has 0 N–H and O–H groups in total. The lowest BCUT2D eigenvalue weighted by Crippen LogP contribution is -2.63. The molecule has 2 amide bonds. The number of hydrogen-bond acceptors (Lipinski definition) is 3. The summed E-state index contributed by atoms with van der Waals surface area (Å²) in [6.45, 7) is 4.02. The summed E-state index contributed by atoms with van der Waals surface area (Å²) < 4.78 is 5.88. The fourth-order valence-electron chi connectivity index (χ4n) is 6.73. The van der Waals surface area contributed by atoms with Crippen molar-refractivity contribution < 1.29 is 14.3 Å². The lowest BCUT2D eigenvalue weighted by molar-refractivity contribution is -0.147. The summed E-state index contributed by atoms with van der Waals surface area (Å²) in [5.74, 6) is 0.873. The second kappa shape index (κ2) is 8.27. The van der Waals surface area contributed by atoms with Gasteiger partial charge in [0.05, 0.1) is 12.1 Å². The molecule has 3 aliphatic rings. The molecule has 5 rings (SSSR count). The van der Waals surface area contributed by atoms with Crippen molar-refractivity contribution in [3.63, 3.8) is 0 Å². The Bertz CT molecular complexity index is 979. The number of benzene rings is 2. The molecule has 2 heterocycles. The normalized spacial score (nSPS) is 30.8. The van der Waals surface area contributed by atoms with Gasteiger partial charge in [-0.1, -0.05) is 55.5 Å². The molecule has 0 aromatic heterocycles. The van der Waals surface area contributed by atoms with Crippen LogP contribution in [0.3, 0.4) is 0 Å². The fraction of sp³-hybridized carbons (Fsp3) is 0.481. The smallest absolute Gasteiger partial charge is 0.261 e. The van der Waals surface area contributed by atoms with Crippen molar-refractivity contribution in [3.8, 4) is 5.75 Å². The maximum Gasteiger partial charge on any atom is 0.261 e. The van der Waals surface area contributed by atoms with Crippen molar-refractivity contribution in [2.75, 3.05) is 6.61 Å². The molecule has 5 heteroatoms. The number of piperidine rings is 1. The van der Waals surface area contributed by atoms with Crippen LogP contribution >= 0.6 is 0 Å². The van der Waals surface area contributed by atoms with E-state index in [0.29, 0.717) is 5.75 Å². The third-order valence-corrected chi connectivity index (χ3v) is 8.00. The van der Waals surface area contributed by atoms with Crippen LogP contribution in [0.5, 0.6) is 5.75 Å². The largest absolute Gasteiger partial charge is 0.484 e. The van der Waals surface area contributed by atoms with E-state index in [1.165, 1.54) is 5.56 Å². The van der Waals surface area contributed by atoms with Crippen molar-refractivity contribution in [2.24, 2.45) is 5.41 Å². The van der Waals surface area contributed by atoms with Gasteiger partial charge in [0.1, 0.15) is 5.75 Å². The number of hydrogen-bond donors (Lipinski definition) is 0. The molecular formula is C27H32N2O3. The molecule has 2 aromatic carbocycles. The van der Waals surface area contributed by atoms with E-state index < -0.39 is 0 Å². The zero-order valence-electron chi connectivity index (χ0n) is 18.9. The van der Waals surface area contributed by atoms with Crippen LogP contribution in [-0.4, -0.2) is 52.4 Å². The first kappa shape index (κ1) is 21.0. The molecule has 0 unspecified atom stereocenters. The van der Waals surface area contributed by atoms with Crippen LogP contribution in [0.2, 0.25) is 0 Å². The number of ether oxygens (including phenoxy) is 1. The van der Waals surface area contributed by atoms with Gasteiger partial charge in [-0.25, -0.2) is 0 Å². The van der Waals surface area contributed by atoms with Crippen LogP contribution in [0.1, 0.15) is 45.1 Å². The predicted octanol–water partition coefficient (Wildman–Crippen LogP) is 4.07. The van der Waals surface area contributed by atoms with E-state index >= 15 is 0 Å². The van der Waals surface area contributed by atoms with Gasteiger partial charge in [-0.05, 0) is 49.8 Å². The number of rotatable bonds is 5. The van der Waals surface area contributed by atoms with Crippen LogP contribution in [0.25, 0.3) is 0 Å². The van der Waals surface area contributed by atoms with E-state index in [1.54, 1.807) is 6.92 Å². The van der Waals surface area contributed by atoms with Crippen molar-refractivity contribution in [3.05, 3.63) is 66.2 Å². The van der Waals surface area contributed by atoms with E-state index in [4.69, 9.17) is 4.74 Å². The lowest BCUT2D eigenvalue weighted by Gasteiger charge is -2.53. The molecular weight excluding hydrogens is 400 g/mol. The van der Waals surface area contributed by atoms with E-state index in [9.17, 15) is 9.59 Å². The van der Waals surface area contributed by atoms with Gasteiger partial charge in [-0.3, -0.25) is 9.59 Å². The molecule has 1 aliphatic carbocycles. The monoisotopic (exact) mass is 432 g/mol. The predicted molar refractivity (Wildman–Crippen MR) is 123 cm³/mol. The highest BCUT2D eigenvalue weighted by molar-refractivity contribution is 5.80. The first-order valence-electron chi connectivity index (χ1n) is 11.8. The van der Waals surface area contributed by atoms with Crippen LogP contribution < -0.4 is 4.74 Å². The van der Waals surface area contributed by atoms with Gasteiger partial charge in [0.25, 0.3) is 5.91 Å². The Kier molecular flexibility index (Phi) is 5.44. The van der Waals surface area contributed by atoms with Crippen molar-refractivity contribution in [1.82, 2.24) is 9.80 Å². The number of para-hydroxylation sites is 1. The summed E-state index contributed by atoms with van der Waals surface area (Å²) in [7, 11) is 0. The Morgan fingerprint density at radius 2 is 1.59 bits per heavy atom. The Morgan fingerprint density at radius 3 is 2.25 bits per heavy atom. The topological polar surface area (TPSA) is 49.9 Å². The van der Waals surface area contributed by atoms with Gasteiger partial charge in [-0.2, -0.15) is 0 Å². The minimum atomic E-state index is -0.0514. The Hall–Kier alpha value is -2.82. The third-order valence-electron chi connectivity index (χ3n) is 8.00. The average Bonchev–Trinajstić information content (AvgIpc) is 3.11. The van der Waals surface area contributed by atoms with Gasteiger partial charge in [0.2, 0.25) is 5.91 Å². The summed E-state index contributed by atoms with van der Waals surface area (Å²) in [6, 6.07) is 20.2. The molecule has 32 heavy (non-hydrogen) atoms. The number of likely N-dealkylation sites (tertiary alicyclic amines) is 2. The summed E-state index contributed by atoms with van der Waals surface area (Å²) in [5, 5.41) is 0. The number of nitrogens with zero attached hydrogens (tertiary/aromatic N) is 2. The SMILES string of the molecule is CC(=O)N1[C@H]2CCC[C@H]3N(C(=O)COc4ccccc4)[C@@H](Cc4ccccc4)[C@@H]1C[C@@]23C. The highest BCUT2D eigenvalue weighted by atomic mass is 16.5. The van der Waals surface area contributed by atoms with Gasteiger partial charge >= 0.3 is 0 Å². The molecule has 0 radical (unpaired) electrons. The number of carbonyl (C=O) groups is 2. The van der Waals surface area contributed by atoms with Crippen molar-refractivity contribution in [2.45, 2.75) is 70.1 Å². The van der Waals surface area contributed by atoms with E-state index in [2.05, 4.69) is 28.9 Å². The second-order valence-electron chi connectivity index (χ2n) is 9.83. The molecule has 2 aliphatic heterocycles. The summed E-state index contributed by atoms with van der Waals surface area (Å²) >= 11 is 0. The maximum absolute atomic E-state index is 13.7. The molecule has 2 bridgehead atoms. The number of amides is 2. The minimum Gasteiger partial charge on any atom is -0.484 e. The van der Waals surface area contributed by atoms with Gasteiger partial charge in [-0.15, -0.1) is 0 Å².